The molecule has 1 amide bonds. The van der Waals surface area contributed by atoms with Crippen LogP contribution in [0.25, 0.3) is 5.69 Å². The van der Waals surface area contributed by atoms with Crippen molar-refractivity contribution >= 4 is 5.91 Å². The number of hydrogen-bond acceptors (Lipinski definition) is 7. The predicted octanol–water partition coefficient (Wildman–Crippen LogP) is 1.17. The Morgan fingerprint density at radius 2 is 2.12 bits per heavy atom. The first-order chi connectivity index (χ1) is 15.4. The number of carbonyl (C=O) groups is 1. The van der Waals surface area contributed by atoms with E-state index in [9.17, 15) is 23.9 Å². The summed E-state index contributed by atoms with van der Waals surface area (Å²) in [6.07, 6.45) is 4.78. The molecular weight excluding hydrogens is 423 g/mol. The number of nitrogens with one attached hydrogen (secondary N) is 1. The van der Waals surface area contributed by atoms with Crippen LogP contribution in [-0.2, 0) is 23.4 Å². The van der Waals surface area contributed by atoms with Crippen molar-refractivity contribution in [2.45, 2.75) is 38.0 Å². The van der Waals surface area contributed by atoms with E-state index in [1.165, 1.54) is 22.9 Å². The minimum absolute atomic E-state index is 0.118. The summed E-state index contributed by atoms with van der Waals surface area (Å²) in [7, 11) is 0. The van der Waals surface area contributed by atoms with Gasteiger partial charge in [-0.05, 0) is 37.0 Å². The molecule has 32 heavy (non-hydrogen) atoms. The topological polar surface area (TPSA) is 129 Å². The summed E-state index contributed by atoms with van der Waals surface area (Å²) in [6, 6.07) is 3.74. The van der Waals surface area contributed by atoms with Crippen LogP contribution >= 0.6 is 0 Å². The molecule has 11 heteroatoms. The Balaban J connectivity index is 1.46. The average Bonchev–Trinajstić information content (AvgIpc) is 3.19. The van der Waals surface area contributed by atoms with Crippen molar-refractivity contribution in [2.24, 2.45) is 0 Å². The highest BCUT2D eigenvalue weighted by Crippen LogP contribution is 2.45. The van der Waals surface area contributed by atoms with Gasteiger partial charge in [-0.25, -0.2) is 18.7 Å². The number of nitrogens with zero attached hydrogens (tertiary/aromatic N) is 3. The molecule has 5 rings (SSSR count). The molecule has 0 saturated heterocycles. The number of ether oxygens (including phenoxy) is 1. The van der Waals surface area contributed by atoms with Crippen LogP contribution in [0.5, 0.6) is 5.75 Å². The molecule has 0 unspecified atom stereocenters. The second kappa shape index (κ2) is 7.45. The highest BCUT2D eigenvalue weighted by Gasteiger charge is 2.46. The van der Waals surface area contributed by atoms with Gasteiger partial charge < -0.3 is 19.6 Å². The Morgan fingerprint density at radius 1 is 1.31 bits per heavy atom. The molecular formula is C21H19FN4O6. The van der Waals surface area contributed by atoms with Crippen LogP contribution < -0.4 is 16.6 Å². The lowest BCUT2D eigenvalue weighted by Gasteiger charge is -2.44. The zero-order valence-electron chi connectivity index (χ0n) is 16.8. The third kappa shape index (κ3) is 3.12. The first-order valence-corrected chi connectivity index (χ1v) is 10.1. The van der Waals surface area contributed by atoms with E-state index in [-0.39, 0.29) is 18.8 Å². The molecule has 1 aliphatic carbocycles. The molecule has 2 aromatic heterocycles. The van der Waals surface area contributed by atoms with Gasteiger partial charge in [0.2, 0.25) is 5.75 Å². The molecule has 1 saturated carbocycles. The summed E-state index contributed by atoms with van der Waals surface area (Å²) in [4.78, 5) is 41.7. The second-order valence-corrected chi connectivity index (χ2v) is 7.78. The Hall–Kier alpha value is -3.73. The molecule has 0 radical (unpaired) electrons. The van der Waals surface area contributed by atoms with Crippen molar-refractivity contribution in [2.75, 3.05) is 6.61 Å². The molecule has 166 valence electrons. The number of aromatic hydroxyl groups is 1. The van der Waals surface area contributed by atoms with E-state index in [2.05, 4.69) is 10.3 Å². The molecule has 2 aliphatic rings. The maximum Gasteiger partial charge on any atom is 0.423 e. The van der Waals surface area contributed by atoms with E-state index < -0.39 is 40.1 Å². The van der Waals surface area contributed by atoms with E-state index in [1.54, 1.807) is 0 Å². The highest BCUT2D eigenvalue weighted by molar-refractivity contribution is 5.94. The number of fused-ring (bicyclic) bond motifs is 2. The van der Waals surface area contributed by atoms with Gasteiger partial charge in [0, 0.05) is 6.54 Å². The monoisotopic (exact) mass is 442 g/mol. The van der Waals surface area contributed by atoms with Crippen molar-refractivity contribution in [3.05, 3.63) is 74.5 Å². The molecule has 1 fully saturated rings. The number of benzene rings is 1. The third-order valence-corrected chi connectivity index (χ3v) is 5.94. The van der Waals surface area contributed by atoms with Gasteiger partial charge in [0.15, 0.2) is 5.69 Å². The molecule has 1 spiro atoms. The summed E-state index contributed by atoms with van der Waals surface area (Å²) >= 11 is 0. The molecule has 0 bridgehead atoms. The fourth-order valence-corrected chi connectivity index (χ4v) is 4.14. The molecule has 1 aliphatic heterocycles. The lowest BCUT2D eigenvalue weighted by molar-refractivity contribution is -0.134. The summed E-state index contributed by atoms with van der Waals surface area (Å²) in [5.41, 5.74) is -1.19. The van der Waals surface area contributed by atoms with Crippen molar-refractivity contribution in [1.82, 2.24) is 19.4 Å². The lowest BCUT2D eigenvalue weighted by Crippen LogP contribution is -2.49. The molecule has 1 aromatic carbocycles. The van der Waals surface area contributed by atoms with Crippen molar-refractivity contribution < 1.29 is 23.4 Å². The van der Waals surface area contributed by atoms with Gasteiger partial charge in [-0.3, -0.25) is 14.2 Å². The zero-order valence-corrected chi connectivity index (χ0v) is 16.8. The number of hydrogen-bond donors (Lipinski definition) is 2. The maximum absolute atomic E-state index is 13.8. The smallest absolute Gasteiger partial charge is 0.423 e. The minimum atomic E-state index is -0.780. The quantitative estimate of drug-likeness (QED) is 0.621. The summed E-state index contributed by atoms with van der Waals surface area (Å²) in [6.45, 7) is 0.463. The Kier molecular flexibility index (Phi) is 4.70. The highest BCUT2D eigenvalue weighted by atomic mass is 19.1. The van der Waals surface area contributed by atoms with Gasteiger partial charge in [-0.1, -0.05) is 6.07 Å². The van der Waals surface area contributed by atoms with Gasteiger partial charge in [0.25, 0.3) is 11.5 Å². The van der Waals surface area contributed by atoms with Crippen molar-refractivity contribution in [3.63, 3.8) is 0 Å². The number of halogens is 1. The van der Waals surface area contributed by atoms with E-state index in [1.807, 2.05) is 0 Å². The Labute approximate surface area is 179 Å². The molecule has 0 atom stereocenters. The average molecular weight is 442 g/mol. The summed E-state index contributed by atoms with van der Waals surface area (Å²) < 4.78 is 26.8. The van der Waals surface area contributed by atoms with Gasteiger partial charge in [-0.2, -0.15) is 0 Å². The Bertz CT molecular complexity index is 1340. The fourth-order valence-electron chi connectivity index (χ4n) is 4.14. The molecule has 10 nitrogen and oxygen atoms in total. The first kappa shape index (κ1) is 20.2. The fraction of sp³-hybridized carbons (Fsp3) is 0.333. The maximum atomic E-state index is 13.8. The summed E-state index contributed by atoms with van der Waals surface area (Å²) in [5, 5.41) is 12.9. The second-order valence-electron chi connectivity index (χ2n) is 7.78. The van der Waals surface area contributed by atoms with Gasteiger partial charge in [0.1, 0.15) is 23.5 Å². The van der Waals surface area contributed by atoms with Crippen LogP contribution in [0, 0.1) is 5.82 Å². The predicted molar refractivity (Wildman–Crippen MR) is 107 cm³/mol. The van der Waals surface area contributed by atoms with Crippen LogP contribution in [-0.4, -0.2) is 31.7 Å². The minimum Gasteiger partial charge on any atom is -0.501 e. The van der Waals surface area contributed by atoms with Crippen LogP contribution in [0.1, 0.15) is 41.1 Å². The van der Waals surface area contributed by atoms with Crippen molar-refractivity contribution in [1.29, 1.82) is 0 Å². The number of carbonyl (C=O) groups excluding carboxylic acids is 1. The largest absolute Gasteiger partial charge is 0.501 e. The van der Waals surface area contributed by atoms with Crippen LogP contribution in [0.3, 0.4) is 0 Å². The zero-order chi connectivity index (χ0) is 22.5. The molecule has 3 aromatic rings. The van der Waals surface area contributed by atoms with Crippen LogP contribution in [0.4, 0.5) is 4.39 Å². The third-order valence-electron chi connectivity index (χ3n) is 5.94. The Morgan fingerprint density at radius 3 is 2.81 bits per heavy atom. The van der Waals surface area contributed by atoms with Crippen molar-refractivity contribution in [3.8, 4) is 11.4 Å². The standard InChI is InChI=1S/C21H19FN4O6/c22-13-3-2-12(14(10-13)25-6-8-31-20(25)30)11-23-17(28)15-16(27)18(29)26-7-9-32-21(4-1-5-21)19(26)24-15/h2-3,6,8,10,27H,1,4-5,7,9,11H2,(H,23,28). The first-order valence-electron chi connectivity index (χ1n) is 10.1. The lowest BCUT2D eigenvalue weighted by atomic mass is 9.78. The molecule has 2 N–H and O–H groups in total. The van der Waals surface area contributed by atoms with Gasteiger partial charge in [0.05, 0.1) is 25.0 Å². The van der Waals surface area contributed by atoms with Gasteiger partial charge >= 0.3 is 5.76 Å². The summed E-state index contributed by atoms with van der Waals surface area (Å²) in [5.74, 6) is -2.46. The number of amides is 1. The van der Waals surface area contributed by atoms with E-state index in [4.69, 9.17) is 9.15 Å². The van der Waals surface area contributed by atoms with Gasteiger partial charge in [-0.15, -0.1) is 0 Å². The van der Waals surface area contributed by atoms with E-state index >= 15 is 0 Å². The SMILES string of the molecule is O=C(NCc1ccc(F)cc1-n1ccoc1=O)c1nc2n(c(=O)c1O)CCOC21CCC1. The van der Waals surface area contributed by atoms with E-state index in [0.29, 0.717) is 30.8 Å². The van der Waals surface area contributed by atoms with E-state index in [0.717, 1.165) is 23.3 Å². The number of oxazole rings is 1. The van der Waals surface area contributed by atoms with Crippen LogP contribution in [0.2, 0.25) is 0 Å². The van der Waals surface area contributed by atoms with Crippen LogP contribution in [0.15, 0.2) is 44.7 Å². The number of aromatic nitrogens is 3. The number of rotatable bonds is 4. The molecule has 3 heterocycles. The normalized spacial score (nSPS) is 16.4.